The molecule has 0 aliphatic heterocycles. The maximum atomic E-state index is 5.72. The van der Waals surface area contributed by atoms with Gasteiger partial charge < -0.3 is 5.73 Å². The van der Waals surface area contributed by atoms with Crippen LogP contribution in [0.1, 0.15) is 42.3 Å². The summed E-state index contributed by atoms with van der Waals surface area (Å²) in [5.41, 5.74) is 11.3. The van der Waals surface area contributed by atoms with Crippen molar-refractivity contribution in [1.82, 2.24) is 15.0 Å². The fourth-order valence-electron chi connectivity index (χ4n) is 2.09. The summed E-state index contributed by atoms with van der Waals surface area (Å²) in [6.07, 6.45) is 0. The average Bonchev–Trinajstić information content (AvgIpc) is 2.76. The van der Waals surface area contributed by atoms with Crippen LogP contribution in [0.2, 0.25) is 0 Å². The summed E-state index contributed by atoms with van der Waals surface area (Å²) in [6.45, 7) is 8.91. The second kappa shape index (κ2) is 4.90. The third kappa shape index (κ3) is 2.16. The number of nitrogens with two attached hydrogens (primary N) is 1. The van der Waals surface area contributed by atoms with E-state index in [4.69, 9.17) is 5.73 Å². The molecule has 0 bridgehead atoms. The lowest BCUT2D eigenvalue weighted by molar-refractivity contribution is 0.713. The Morgan fingerprint density at radius 1 is 1.22 bits per heavy atom. The van der Waals surface area contributed by atoms with Crippen molar-refractivity contribution in [3.05, 3.63) is 40.7 Å². The minimum atomic E-state index is 0.347. The second-order valence-electron chi connectivity index (χ2n) is 4.96. The van der Waals surface area contributed by atoms with Gasteiger partial charge in [-0.05, 0) is 43.0 Å². The zero-order valence-corrected chi connectivity index (χ0v) is 11.4. The van der Waals surface area contributed by atoms with Crippen LogP contribution in [0.15, 0.2) is 18.2 Å². The summed E-state index contributed by atoms with van der Waals surface area (Å²) >= 11 is 0. The van der Waals surface area contributed by atoms with E-state index in [0.29, 0.717) is 12.5 Å². The van der Waals surface area contributed by atoms with Crippen molar-refractivity contribution in [1.29, 1.82) is 0 Å². The highest BCUT2D eigenvalue weighted by Crippen LogP contribution is 2.22. The monoisotopic (exact) mass is 244 g/mol. The van der Waals surface area contributed by atoms with Gasteiger partial charge in [0.15, 0.2) is 0 Å². The molecular formula is C14H20N4. The van der Waals surface area contributed by atoms with E-state index < -0.39 is 0 Å². The average molecular weight is 244 g/mol. The van der Waals surface area contributed by atoms with Gasteiger partial charge in [-0.2, -0.15) is 0 Å². The summed E-state index contributed by atoms with van der Waals surface area (Å²) < 4.78 is 1.90. The molecule has 96 valence electrons. The number of benzene rings is 1. The molecule has 4 nitrogen and oxygen atoms in total. The van der Waals surface area contributed by atoms with Gasteiger partial charge in [0, 0.05) is 6.54 Å². The lowest BCUT2D eigenvalue weighted by Gasteiger charge is -2.11. The van der Waals surface area contributed by atoms with Crippen molar-refractivity contribution < 1.29 is 0 Å². The number of aromatic nitrogens is 3. The molecule has 1 aromatic heterocycles. The van der Waals surface area contributed by atoms with E-state index >= 15 is 0 Å². The van der Waals surface area contributed by atoms with Crippen molar-refractivity contribution in [3.8, 4) is 5.69 Å². The van der Waals surface area contributed by atoms with Gasteiger partial charge in [-0.3, -0.25) is 0 Å². The predicted octanol–water partition coefficient (Wildman–Crippen LogP) is 2.47. The molecule has 0 radical (unpaired) electrons. The third-order valence-corrected chi connectivity index (χ3v) is 3.25. The predicted molar refractivity (Wildman–Crippen MR) is 72.8 cm³/mol. The van der Waals surface area contributed by atoms with Crippen molar-refractivity contribution in [2.24, 2.45) is 5.73 Å². The Bertz CT molecular complexity index is 555. The Kier molecular flexibility index (Phi) is 3.48. The highest BCUT2D eigenvalue weighted by atomic mass is 15.4. The Labute approximate surface area is 108 Å². The molecule has 4 heteroatoms. The van der Waals surface area contributed by atoms with Crippen LogP contribution in [0.25, 0.3) is 5.69 Å². The van der Waals surface area contributed by atoms with Crippen molar-refractivity contribution in [2.45, 2.75) is 40.2 Å². The number of rotatable bonds is 3. The van der Waals surface area contributed by atoms with Gasteiger partial charge >= 0.3 is 0 Å². The lowest BCUT2D eigenvalue weighted by atomic mass is 10.1. The van der Waals surface area contributed by atoms with E-state index in [1.165, 1.54) is 11.1 Å². The normalized spacial score (nSPS) is 11.2. The van der Waals surface area contributed by atoms with Crippen molar-refractivity contribution in [2.75, 3.05) is 0 Å². The van der Waals surface area contributed by atoms with Gasteiger partial charge in [-0.1, -0.05) is 25.1 Å². The largest absolute Gasteiger partial charge is 0.325 e. The fourth-order valence-corrected chi connectivity index (χ4v) is 2.09. The summed E-state index contributed by atoms with van der Waals surface area (Å²) in [7, 11) is 0. The molecule has 2 N–H and O–H groups in total. The van der Waals surface area contributed by atoms with E-state index in [9.17, 15) is 0 Å². The maximum Gasteiger partial charge on any atom is 0.100 e. The van der Waals surface area contributed by atoms with E-state index in [0.717, 1.165) is 17.1 Å². The first-order chi connectivity index (χ1) is 8.54. The van der Waals surface area contributed by atoms with Crippen molar-refractivity contribution >= 4 is 0 Å². The highest BCUT2D eigenvalue weighted by Gasteiger charge is 2.16. The Morgan fingerprint density at radius 2 is 1.94 bits per heavy atom. The van der Waals surface area contributed by atoms with Gasteiger partial charge in [0.2, 0.25) is 0 Å². The van der Waals surface area contributed by atoms with Gasteiger partial charge in [-0.25, -0.2) is 4.68 Å². The minimum Gasteiger partial charge on any atom is -0.325 e. The zero-order chi connectivity index (χ0) is 13.3. The topological polar surface area (TPSA) is 56.7 Å². The van der Waals surface area contributed by atoms with E-state index in [1.54, 1.807) is 0 Å². The summed E-state index contributed by atoms with van der Waals surface area (Å²) in [6, 6.07) is 6.32. The fraction of sp³-hybridized carbons (Fsp3) is 0.429. The third-order valence-electron chi connectivity index (χ3n) is 3.25. The Balaban J connectivity index is 2.56. The summed E-state index contributed by atoms with van der Waals surface area (Å²) in [5.74, 6) is 0.347. The first-order valence-electron chi connectivity index (χ1n) is 6.26. The molecule has 1 heterocycles. The molecule has 0 aliphatic carbocycles. The Morgan fingerprint density at radius 3 is 2.50 bits per heavy atom. The van der Waals surface area contributed by atoms with Crippen LogP contribution >= 0.6 is 0 Å². The van der Waals surface area contributed by atoms with E-state index in [2.05, 4.69) is 56.2 Å². The first kappa shape index (κ1) is 12.8. The maximum absolute atomic E-state index is 5.72. The summed E-state index contributed by atoms with van der Waals surface area (Å²) in [5, 5.41) is 8.41. The number of hydrogen-bond donors (Lipinski definition) is 1. The molecule has 0 saturated heterocycles. The molecule has 2 aromatic rings. The molecule has 0 spiro atoms. The molecule has 0 unspecified atom stereocenters. The van der Waals surface area contributed by atoms with Crippen LogP contribution in [0.4, 0.5) is 0 Å². The molecule has 18 heavy (non-hydrogen) atoms. The number of nitrogens with zero attached hydrogens (tertiary/aromatic N) is 3. The van der Waals surface area contributed by atoms with Crippen LogP contribution in [0, 0.1) is 13.8 Å². The molecule has 0 saturated carbocycles. The number of hydrogen-bond acceptors (Lipinski definition) is 3. The number of aryl methyl sites for hydroxylation is 2. The van der Waals surface area contributed by atoms with Crippen LogP contribution < -0.4 is 5.73 Å². The standard InChI is InChI=1S/C14H20N4/c1-9(2)14-13(8-15)16-17-18(14)12-6-5-10(3)11(4)7-12/h5-7,9H,8,15H2,1-4H3. The van der Waals surface area contributed by atoms with Crippen molar-refractivity contribution in [3.63, 3.8) is 0 Å². The smallest absolute Gasteiger partial charge is 0.100 e. The quantitative estimate of drug-likeness (QED) is 0.902. The SMILES string of the molecule is Cc1ccc(-n2nnc(CN)c2C(C)C)cc1C. The van der Waals surface area contributed by atoms with Crippen LogP contribution in [0.5, 0.6) is 0 Å². The first-order valence-corrected chi connectivity index (χ1v) is 6.26. The van der Waals surface area contributed by atoms with Crippen LogP contribution in [-0.2, 0) is 6.54 Å². The van der Waals surface area contributed by atoms with Gasteiger partial charge in [0.05, 0.1) is 11.4 Å². The van der Waals surface area contributed by atoms with Gasteiger partial charge in [-0.15, -0.1) is 5.10 Å². The molecule has 1 aromatic carbocycles. The Hall–Kier alpha value is -1.68. The molecule has 0 amide bonds. The van der Waals surface area contributed by atoms with Gasteiger partial charge in [0.1, 0.15) is 5.69 Å². The molecule has 0 aliphatic rings. The van der Waals surface area contributed by atoms with Crippen LogP contribution in [-0.4, -0.2) is 15.0 Å². The molecule has 2 rings (SSSR count). The van der Waals surface area contributed by atoms with Gasteiger partial charge in [0.25, 0.3) is 0 Å². The van der Waals surface area contributed by atoms with E-state index in [-0.39, 0.29) is 0 Å². The highest BCUT2D eigenvalue weighted by molar-refractivity contribution is 5.40. The lowest BCUT2D eigenvalue weighted by Crippen LogP contribution is -2.08. The summed E-state index contributed by atoms with van der Waals surface area (Å²) in [4.78, 5) is 0. The van der Waals surface area contributed by atoms with Crippen LogP contribution in [0.3, 0.4) is 0 Å². The molecule has 0 atom stereocenters. The molecular weight excluding hydrogens is 224 g/mol. The second-order valence-corrected chi connectivity index (χ2v) is 4.96. The molecule has 0 fully saturated rings. The zero-order valence-electron chi connectivity index (χ0n) is 11.4. The minimum absolute atomic E-state index is 0.347. The van der Waals surface area contributed by atoms with E-state index in [1.807, 2.05) is 4.68 Å².